The normalized spacial score (nSPS) is 11.5. The van der Waals surface area contributed by atoms with Gasteiger partial charge in [-0.2, -0.15) is 0 Å². The summed E-state index contributed by atoms with van der Waals surface area (Å²) in [5.74, 6) is 1.92. The molecule has 5 heteroatoms. The second-order valence-electron chi connectivity index (χ2n) is 12.7. The SMILES string of the molecule is c1ccc(-c2cccc(-c3nc(-c4ccccc4)nc(-c4ccc5c(ccc6ccc7sc(-c8cccc9ccccc89)nc7c65)c4)n3)c2)cc1. The zero-order chi connectivity index (χ0) is 33.7. The van der Waals surface area contributed by atoms with E-state index in [4.69, 9.17) is 19.9 Å². The van der Waals surface area contributed by atoms with Crippen LogP contribution < -0.4 is 0 Å². The number of fused-ring (bicyclic) bond motifs is 6. The summed E-state index contributed by atoms with van der Waals surface area (Å²) in [6, 6.07) is 59.2. The second kappa shape index (κ2) is 12.1. The van der Waals surface area contributed by atoms with Crippen molar-refractivity contribution in [2.24, 2.45) is 0 Å². The molecule has 0 aliphatic carbocycles. The maximum absolute atomic E-state index is 5.30. The molecule has 0 atom stereocenters. The predicted octanol–water partition coefficient (Wildman–Crippen LogP) is 12.3. The van der Waals surface area contributed by atoms with Gasteiger partial charge in [0.2, 0.25) is 0 Å². The van der Waals surface area contributed by atoms with Gasteiger partial charge in [-0.25, -0.2) is 19.9 Å². The summed E-state index contributed by atoms with van der Waals surface area (Å²) < 4.78 is 1.18. The molecule has 0 aliphatic heterocycles. The van der Waals surface area contributed by atoms with Crippen LogP contribution in [0.5, 0.6) is 0 Å². The van der Waals surface area contributed by atoms with Gasteiger partial charge in [-0.3, -0.25) is 0 Å². The molecule has 4 nitrogen and oxygen atoms in total. The number of aromatic nitrogens is 4. The lowest BCUT2D eigenvalue weighted by Gasteiger charge is -2.11. The quantitative estimate of drug-likeness (QED) is 0.171. The molecule has 0 unspecified atom stereocenters. The highest BCUT2D eigenvalue weighted by Gasteiger charge is 2.16. The van der Waals surface area contributed by atoms with E-state index < -0.39 is 0 Å². The molecule has 238 valence electrons. The Kier molecular flexibility index (Phi) is 6.96. The fourth-order valence-corrected chi connectivity index (χ4v) is 8.04. The van der Waals surface area contributed by atoms with E-state index in [0.717, 1.165) is 49.1 Å². The number of hydrogen-bond acceptors (Lipinski definition) is 5. The lowest BCUT2D eigenvalue weighted by Crippen LogP contribution is -2.00. The summed E-state index contributed by atoms with van der Waals surface area (Å²) >= 11 is 1.75. The number of benzene rings is 8. The van der Waals surface area contributed by atoms with Crippen molar-refractivity contribution in [1.82, 2.24) is 19.9 Å². The van der Waals surface area contributed by atoms with E-state index in [-0.39, 0.29) is 0 Å². The maximum atomic E-state index is 5.30. The molecule has 0 aliphatic rings. The van der Waals surface area contributed by atoms with Crippen LogP contribution in [0.3, 0.4) is 0 Å². The summed E-state index contributed by atoms with van der Waals surface area (Å²) in [5, 5.41) is 8.08. The first-order chi connectivity index (χ1) is 25.2. The molecule has 0 amide bonds. The Bertz CT molecular complexity index is 2910. The van der Waals surface area contributed by atoms with Crippen molar-refractivity contribution in [2.45, 2.75) is 0 Å². The van der Waals surface area contributed by atoms with Crippen LogP contribution in [0.25, 0.3) is 98.4 Å². The largest absolute Gasteiger partial charge is 0.235 e. The molecule has 0 fully saturated rings. The molecule has 10 rings (SSSR count). The van der Waals surface area contributed by atoms with Crippen LogP contribution in [0.4, 0.5) is 0 Å². The van der Waals surface area contributed by atoms with Gasteiger partial charge >= 0.3 is 0 Å². The van der Waals surface area contributed by atoms with Gasteiger partial charge in [0.05, 0.1) is 10.2 Å². The van der Waals surface area contributed by atoms with Gasteiger partial charge < -0.3 is 0 Å². The second-order valence-corrected chi connectivity index (χ2v) is 13.7. The minimum atomic E-state index is 0.635. The first-order valence-electron chi connectivity index (χ1n) is 17.0. The Morgan fingerprint density at radius 1 is 0.353 bits per heavy atom. The molecule has 2 heterocycles. The molecule has 10 aromatic rings. The molecule has 0 saturated heterocycles. The molecule has 2 aromatic heterocycles. The van der Waals surface area contributed by atoms with E-state index >= 15 is 0 Å². The van der Waals surface area contributed by atoms with Crippen molar-refractivity contribution < 1.29 is 0 Å². The molecular weight excluding hydrogens is 641 g/mol. The molecule has 8 aromatic carbocycles. The Morgan fingerprint density at radius 3 is 1.78 bits per heavy atom. The van der Waals surface area contributed by atoms with Crippen molar-refractivity contribution in [3.05, 3.63) is 170 Å². The number of hydrogen-bond donors (Lipinski definition) is 0. The molecular formula is C46H28N4S. The standard InChI is InChI=1S/C46H28N4S/c1-3-11-29(12-4-1)33-17-9-18-35(27-33)44-48-43(32-14-5-2-6-15-32)49-45(50-44)36-23-25-38-34(28-36)22-21-31-24-26-40-42(41(31)38)47-46(51-40)39-20-10-16-30-13-7-8-19-37(30)39/h1-28H. The lowest BCUT2D eigenvalue weighted by atomic mass is 9.99. The molecule has 0 saturated carbocycles. The predicted molar refractivity (Wildman–Crippen MR) is 213 cm³/mol. The van der Waals surface area contributed by atoms with Crippen LogP contribution in [0.15, 0.2) is 170 Å². The van der Waals surface area contributed by atoms with Crippen LogP contribution >= 0.6 is 11.3 Å². The highest BCUT2D eigenvalue weighted by molar-refractivity contribution is 7.21. The average Bonchev–Trinajstić information content (AvgIpc) is 3.65. The van der Waals surface area contributed by atoms with Crippen molar-refractivity contribution in [3.8, 4) is 55.9 Å². The van der Waals surface area contributed by atoms with Gasteiger partial charge in [0, 0.05) is 27.6 Å². The number of thiazole rings is 1. The van der Waals surface area contributed by atoms with E-state index in [0.29, 0.717) is 17.5 Å². The Morgan fingerprint density at radius 2 is 0.961 bits per heavy atom. The summed E-state index contributed by atoms with van der Waals surface area (Å²) in [6.45, 7) is 0. The minimum absolute atomic E-state index is 0.635. The van der Waals surface area contributed by atoms with Crippen LogP contribution in [-0.4, -0.2) is 19.9 Å². The van der Waals surface area contributed by atoms with E-state index in [9.17, 15) is 0 Å². The average molecular weight is 669 g/mol. The van der Waals surface area contributed by atoms with Crippen LogP contribution in [0.1, 0.15) is 0 Å². The smallest absolute Gasteiger partial charge is 0.164 e. The minimum Gasteiger partial charge on any atom is -0.235 e. The Labute approximate surface area is 298 Å². The zero-order valence-electron chi connectivity index (χ0n) is 27.4. The summed E-state index contributed by atoms with van der Waals surface area (Å²) in [4.78, 5) is 20.4. The monoisotopic (exact) mass is 668 g/mol. The third kappa shape index (κ3) is 5.23. The molecule has 0 bridgehead atoms. The fraction of sp³-hybridized carbons (Fsp3) is 0. The number of rotatable bonds is 5. The van der Waals surface area contributed by atoms with Crippen LogP contribution in [0.2, 0.25) is 0 Å². The highest BCUT2D eigenvalue weighted by atomic mass is 32.1. The summed E-state index contributed by atoms with van der Waals surface area (Å²) in [7, 11) is 0. The van der Waals surface area contributed by atoms with Crippen LogP contribution in [0, 0.1) is 0 Å². The van der Waals surface area contributed by atoms with Gasteiger partial charge in [0.25, 0.3) is 0 Å². The highest BCUT2D eigenvalue weighted by Crippen LogP contribution is 2.40. The maximum Gasteiger partial charge on any atom is 0.164 e. The zero-order valence-corrected chi connectivity index (χ0v) is 28.2. The first-order valence-corrected chi connectivity index (χ1v) is 17.8. The first kappa shape index (κ1) is 29.4. The molecule has 0 N–H and O–H groups in total. The van der Waals surface area contributed by atoms with Crippen molar-refractivity contribution >= 4 is 53.9 Å². The van der Waals surface area contributed by atoms with Gasteiger partial charge in [0.15, 0.2) is 17.5 Å². The third-order valence-corrected chi connectivity index (χ3v) is 10.6. The fourth-order valence-electron chi connectivity index (χ4n) is 7.02. The van der Waals surface area contributed by atoms with Crippen molar-refractivity contribution in [1.29, 1.82) is 0 Å². The Balaban J connectivity index is 1.12. The van der Waals surface area contributed by atoms with E-state index in [1.807, 2.05) is 36.4 Å². The van der Waals surface area contributed by atoms with Gasteiger partial charge in [0.1, 0.15) is 5.01 Å². The van der Waals surface area contributed by atoms with Gasteiger partial charge in [-0.1, -0.05) is 152 Å². The van der Waals surface area contributed by atoms with Crippen LogP contribution in [-0.2, 0) is 0 Å². The van der Waals surface area contributed by atoms with E-state index in [1.54, 1.807) is 11.3 Å². The number of nitrogens with zero attached hydrogens (tertiary/aromatic N) is 4. The summed E-state index contributed by atoms with van der Waals surface area (Å²) in [6.07, 6.45) is 0. The van der Waals surface area contributed by atoms with Gasteiger partial charge in [-0.15, -0.1) is 11.3 Å². The third-order valence-electron chi connectivity index (χ3n) is 9.53. The Hall–Kier alpha value is -6.56. The van der Waals surface area contributed by atoms with Crippen molar-refractivity contribution in [3.63, 3.8) is 0 Å². The lowest BCUT2D eigenvalue weighted by molar-refractivity contribution is 1.07. The van der Waals surface area contributed by atoms with E-state index in [2.05, 4.69) is 133 Å². The molecule has 51 heavy (non-hydrogen) atoms. The molecule has 0 spiro atoms. The molecule has 0 radical (unpaired) electrons. The topological polar surface area (TPSA) is 51.6 Å². The van der Waals surface area contributed by atoms with Crippen molar-refractivity contribution in [2.75, 3.05) is 0 Å². The van der Waals surface area contributed by atoms with Gasteiger partial charge in [-0.05, 0) is 56.3 Å². The summed E-state index contributed by atoms with van der Waals surface area (Å²) in [5.41, 5.74) is 7.29. The van der Waals surface area contributed by atoms with E-state index in [1.165, 1.54) is 31.8 Å².